The number of imidazole rings is 1. The number of ether oxygens (including phenoxy) is 1. The van der Waals surface area contributed by atoms with E-state index in [0.717, 1.165) is 25.0 Å². The van der Waals surface area contributed by atoms with Gasteiger partial charge < -0.3 is 29.4 Å². The van der Waals surface area contributed by atoms with Crippen LogP contribution in [0.25, 0.3) is 11.0 Å². The topological polar surface area (TPSA) is 143 Å². The first kappa shape index (κ1) is 30.4. The Kier molecular flexibility index (Phi) is 9.38. The first-order valence-corrected chi connectivity index (χ1v) is 13.7. The number of amides is 3. The Morgan fingerprint density at radius 2 is 1.95 bits per heavy atom. The number of anilines is 1. The van der Waals surface area contributed by atoms with Crippen LogP contribution in [0.1, 0.15) is 42.9 Å². The van der Waals surface area contributed by atoms with Crippen molar-refractivity contribution in [2.45, 2.75) is 51.7 Å². The fraction of sp³-hybridized carbons (Fsp3) is 0.448. The number of aryl methyl sites for hydroxylation is 1. The molecular weight excluding hydrogens is 545 g/mol. The number of pyridine rings is 2. The lowest BCUT2D eigenvalue weighted by Gasteiger charge is -2.20. The molecule has 12 nitrogen and oxygen atoms in total. The minimum absolute atomic E-state index is 0.00904. The number of rotatable bonds is 11. The maximum atomic E-state index is 14.5. The molecule has 0 bridgehead atoms. The van der Waals surface area contributed by atoms with E-state index in [9.17, 15) is 23.6 Å². The van der Waals surface area contributed by atoms with Crippen LogP contribution in [0, 0.1) is 18.7 Å². The lowest BCUT2D eigenvalue weighted by atomic mass is 10.1. The van der Waals surface area contributed by atoms with Gasteiger partial charge in [-0.25, -0.2) is 14.2 Å². The summed E-state index contributed by atoms with van der Waals surface area (Å²) in [6, 6.07) is 3.14. The van der Waals surface area contributed by atoms with Crippen molar-refractivity contribution >= 4 is 34.6 Å². The van der Waals surface area contributed by atoms with Crippen LogP contribution in [0.3, 0.4) is 0 Å². The van der Waals surface area contributed by atoms with Crippen molar-refractivity contribution in [2.24, 2.45) is 5.92 Å². The van der Waals surface area contributed by atoms with E-state index in [1.54, 1.807) is 33.2 Å². The highest BCUT2D eigenvalue weighted by atomic mass is 19.1. The van der Waals surface area contributed by atoms with Crippen LogP contribution >= 0.6 is 0 Å². The molecule has 0 unspecified atom stereocenters. The van der Waals surface area contributed by atoms with Gasteiger partial charge in [0.05, 0.1) is 24.0 Å². The number of hydrogen-bond acceptors (Lipinski definition) is 7. The SMILES string of the molecule is Cc1ccc(NC(=O)[C@H](CC/C=C/C(=O)N(C)C)OC(=O)N(C)C)c(=O)n1Cc1nc2c(F)cnc(CC3CC3)c2[nH]1. The summed E-state index contributed by atoms with van der Waals surface area (Å²) in [5.74, 6) is -0.535. The Bertz CT molecular complexity index is 1570. The highest BCUT2D eigenvalue weighted by Crippen LogP contribution is 2.33. The summed E-state index contributed by atoms with van der Waals surface area (Å²) in [4.78, 5) is 65.0. The van der Waals surface area contributed by atoms with E-state index in [0.29, 0.717) is 23.0 Å². The number of aromatic amines is 1. The zero-order valence-electron chi connectivity index (χ0n) is 24.4. The number of nitrogens with one attached hydrogen (secondary N) is 2. The molecule has 3 aromatic rings. The number of carbonyl (C=O) groups is 3. The fourth-order valence-corrected chi connectivity index (χ4v) is 4.27. The Balaban J connectivity index is 1.53. The van der Waals surface area contributed by atoms with Crippen LogP contribution in [-0.2, 0) is 27.3 Å². The van der Waals surface area contributed by atoms with E-state index in [1.807, 2.05) is 0 Å². The summed E-state index contributed by atoms with van der Waals surface area (Å²) in [5, 5.41) is 2.58. The van der Waals surface area contributed by atoms with Gasteiger partial charge in [0, 0.05) is 33.9 Å². The maximum Gasteiger partial charge on any atom is 0.410 e. The fourth-order valence-electron chi connectivity index (χ4n) is 4.27. The van der Waals surface area contributed by atoms with Crippen LogP contribution in [0.4, 0.5) is 14.9 Å². The van der Waals surface area contributed by atoms with Gasteiger partial charge in [-0.3, -0.25) is 19.4 Å². The molecule has 1 aliphatic rings. The van der Waals surface area contributed by atoms with E-state index >= 15 is 0 Å². The molecule has 2 N–H and O–H groups in total. The summed E-state index contributed by atoms with van der Waals surface area (Å²) in [6.45, 7) is 1.74. The molecular formula is C29H36FN7O5. The second kappa shape index (κ2) is 13.0. The molecule has 0 aromatic carbocycles. The van der Waals surface area contributed by atoms with E-state index in [1.165, 1.54) is 46.8 Å². The summed E-state index contributed by atoms with van der Waals surface area (Å²) in [7, 11) is 6.21. The molecule has 0 saturated heterocycles. The average molecular weight is 582 g/mol. The monoisotopic (exact) mass is 581 g/mol. The highest BCUT2D eigenvalue weighted by Gasteiger charge is 2.26. The summed E-state index contributed by atoms with van der Waals surface area (Å²) in [5.41, 5.74) is 1.53. The molecule has 224 valence electrons. The van der Waals surface area contributed by atoms with Crippen LogP contribution < -0.4 is 10.9 Å². The molecule has 3 amide bonds. The number of allylic oxidation sites excluding steroid dienone is 1. The number of nitrogens with zero attached hydrogens (tertiary/aromatic N) is 5. The predicted octanol–water partition coefficient (Wildman–Crippen LogP) is 3.00. The molecule has 4 rings (SSSR count). The third kappa shape index (κ3) is 7.39. The minimum atomic E-state index is -1.22. The lowest BCUT2D eigenvalue weighted by molar-refractivity contribution is -0.125. The number of hydrogen-bond donors (Lipinski definition) is 2. The molecule has 1 aliphatic carbocycles. The van der Waals surface area contributed by atoms with Crippen LogP contribution in [0.2, 0.25) is 0 Å². The van der Waals surface area contributed by atoms with E-state index in [2.05, 4.69) is 20.3 Å². The first-order valence-electron chi connectivity index (χ1n) is 13.7. The van der Waals surface area contributed by atoms with Crippen LogP contribution in [0.15, 0.2) is 35.3 Å². The smallest absolute Gasteiger partial charge is 0.410 e. The summed E-state index contributed by atoms with van der Waals surface area (Å²) in [6.07, 6.45) is 5.53. The second-order valence-corrected chi connectivity index (χ2v) is 10.9. The Morgan fingerprint density at radius 1 is 1.21 bits per heavy atom. The normalized spacial score (nSPS) is 13.8. The van der Waals surface area contributed by atoms with Crippen molar-refractivity contribution in [3.63, 3.8) is 0 Å². The highest BCUT2D eigenvalue weighted by molar-refractivity contribution is 5.95. The zero-order chi connectivity index (χ0) is 30.6. The average Bonchev–Trinajstić information content (AvgIpc) is 3.66. The Labute approximate surface area is 242 Å². The number of carbonyl (C=O) groups excluding carboxylic acids is 3. The quantitative estimate of drug-likeness (QED) is 0.332. The Hall–Kier alpha value is -4.55. The molecule has 1 saturated carbocycles. The molecule has 42 heavy (non-hydrogen) atoms. The van der Waals surface area contributed by atoms with Crippen LogP contribution in [0.5, 0.6) is 0 Å². The molecule has 3 aromatic heterocycles. The maximum absolute atomic E-state index is 14.5. The molecule has 0 radical (unpaired) electrons. The first-order chi connectivity index (χ1) is 19.9. The molecule has 13 heteroatoms. The largest absolute Gasteiger partial charge is 0.436 e. The van der Waals surface area contributed by atoms with Crippen molar-refractivity contribution in [1.82, 2.24) is 29.3 Å². The van der Waals surface area contributed by atoms with Crippen LogP contribution in [-0.4, -0.2) is 81.5 Å². The number of likely N-dealkylation sites (N-methyl/N-ethyl adjacent to an activating group) is 1. The standard InChI is InChI=1S/C29H36FN7O5/c1-17-10-13-20(32-27(39)22(42-29(41)36(4)5)8-6-7-9-24(38)35(2)3)28(40)37(17)16-23-33-25-19(30)15-31-21(26(25)34-23)14-18-11-12-18/h7,9-10,13,15,18,22H,6,8,11-12,14,16H2,1-5H3,(H,32,39)(H,33,34)/b9-7+/t22-/m0/s1. The number of aromatic nitrogens is 4. The predicted molar refractivity (Wildman–Crippen MR) is 154 cm³/mol. The van der Waals surface area contributed by atoms with Gasteiger partial charge in [-0.15, -0.1) is 0 Å². The van der Waals surface area contributed by atoms with Crippen molar-refractivity contribution < 1.29 is 23.5 Å². The third-order valence-corrected chi connectivity index (χ3v) is 6.94. The van der Waals surface area contributed by atoms with Gasteiger partial charge in [0.2, 0.25) is 5.91 Å². The van der Waals surface area contributed by atoms with Crippen molar-refractivity contribution in [1.29, 1.82) is 0 Å². The molecule has 0 aliphatic heterocycles. The van der Waals surface area contributed by atoms with Crippen molar-refractivity contribution in [3.05, 3.63) is 63.9 Å². The molecule has 1 fully saturated rings. The van der Waals surface area contributed by atoms with Crippen molar-refractivity contribution in [3.8, 4) is 0 Å². The lowest BCUT2D eigenvalue weighted by Crippen LogP contribution is -2.38. The number of halogens is 1. The van der Waals surface area contributed by atoms with Gasteiger partial charge >= 0.3 is 6.09 Å². The van der Waals surface area contributed by atoms with Gasteiger partial charge in [-0.2, -0.15) is 0 Å². The van der Waals surface area contributed by atoms with Gasteiger partial charge in [0.1, 0.15) is 17.0 Å². The minimum Gasteiger partial charge on any atom is -0.436 e. The molecule has 1 atom stereocenters. The van der Waals surface area contributed by atoms with Crippen molar-refractivity contribution in [2.75, 3.05) is 33.5 Å². The van der Waals surface area contributed by atoms with E-state index < -0.39 is 29.5 Å². The number of fused-ring (bicyclic) bond motifs is 1. The molecule has 0 spiro atoms. The summed E-state index contributed by atoms with van der Waals surface area (Å²) >= 11 is 0. The summed E-state index contributed by atoms with van der Waals surface area (Å²) < 4.78 is 21.3. The van der Waals surface area contributed by atoms with Gasteiger partial charge in [-0.05, 0) is 63.2 Å². The van der Waals surface area contributed by atoms with Gasteiger partial charge in [-0.1, -0.05) is 6.08 Å². The van der Waals surface area contributed by atoms with E-state index in [-0.39, 0.29) is 36.5 Å². The number of H-pyrrole nitrogens is 1. The van der Waals surface area contributed by atoms with Gasteiger partial charge in [0.15, 0.2) is 11.9 Å². The van der Waals surface area contributed by atoms with Gasteiger partial charge in [0.25, 0.3) is 11.5 Å². The zero-order valence-corrected chi connectivity index (χ0v) is 24.4. The van der Waals surface area contributed by atoms with E-state index in [4.69, 9.17) is 4.74 Å². The third-order valence-electron chi connectivity index (χ3n) is 6.94. The Morgan fingerprint density at radius 3 is 2.62 bits per heavy atom. The molecule has 3 heterocycles. The second-order valence-electron chi connectivity index (χ2n) is 10.9.